The number of hydrogen-bond donors (Lipinski definition) is 1. The van der Waals surface area contributed by atoms with Crippen molar-refractivity contribution in [1.82, 2.24) is 4.98 Å². The Balaban J connectivity index is 1.77. The van der Waals surface area contributed by atoms with E-state index in [1.165, 1.54) is 0 Å². The number of carbonyl (C=O) groups is 1. The molecule has 0 atom stereocenters. The van der Waals surface area contributed by atoms with Gasteiger partial charge in [0.25, 0.3) is 0 Å². The molecule has 1 saturated carbocycles. The van der Waals surface area contributed by atoms with Crippen molar-refractivity contribution >= 4 is 17.4 Å². The lowest BCUT2D eigenvalue weighted by molar-refractivity contribution is -0.124. The van der Waals surface area contributed by atoms with Crippen LogP contribution < -0.4 is 10.2 Å². The van der Waals surface area contributed by atoms with Crippen LogP contribution in [0, 0.1) is 5.41 Å². The van der Waals surface area contributed by atoms with Gasteiger partial charge in [-0.1, -0.05) is 19.8 Å². The molecule has 0 spiro atoms. The minimum atomic E-state index is -0.224. The zero-order chi connectivity index (χ0) is 14.7. The van der Waals surface area contributed by atoms with Crippen LogP contribution in [0.1, 0.15) is 32.6 Å². The zero-order valence-electron chi connectivity index (χ0n) is 12.6. The lowest BCUT2D eigenvalue weighted by atomic mass is 9.88. The van der Waals surface area contributed by atoms with E-state index >= 15 is 0 Å². The van der Waals surface area contributed by atoms with Crippen LogP contribution in [-0.4, -0.2) is 37.2 Å². The van der Waals surface area contributed by atoms with Crippen LogP contribution in [0.2, 0.25) is 0 Å². The summed E-state index contributed by atoms with van der Waals surface area (Å²) in [6.07, 6.45) is 6.02. The van der Waals surface area contributed by atoms with Gasteiger partial charge in [-0.15, -0.1) is 0 Å². The Morgan fingerprint density at radius 3 is 2.76 bits per heavy atom. The maximum Gasteiger partial charge on any atom is 0.230 e. The Bertz CT molecular complexity index is 506. The molecule has 5 heteroatoms. The highest BCUT2D eigenvalue weighted by Crippen LogP contribution is 2.39. The fourth-order valence-corrected chi connectivity index (χ4v) is 3.18. The van der Waals surface area contributed by atoms with E-state index in [0.717, 1.165) is 50.3 Å². The smallest absolute Gasteiger partial charge is 0.230 e. The summed E-state index contributed by atoms with van der Waals surface area (Å²) in [4.78, 5) is 19.2. The van der Waals surface area contributed by atoms with Gasteiger partial charge >= 0.3 is 0 Å². The minimum absolute atomic E-state index is 0.127. The molecule has 3 rings (SSSR count). The molecule has 2 aliphatic rings. The molecule has 1 aromatic rings. The first-order chi connectivity index (χ1) is 10.2. The van der Waals surface area contributed by atoms with Crippen LogP contribution in [0.4, 0.5) is 11.5 Å². The topological polar surface area (TPSA) is 54.5 Å². The summed E-state index contributed by atoms with van der Waals surface area (Å²) in [6, 6.07) is 3.81. The Labute approximate surface area is 125 Å². The average molecular weight is 289 g/mol. The zero-order valence-corrected chi connectivity index (χ0v) is 12.6. The van der Waals surface area contributed by atoms with Crippen molar-refractivity contribution < 1.29 is 9.53 Å². The second-order valence-corrected chi connectivity index (χ2v) is 6.20. The Kier molecular flexibility index (Phi) is 4.10. The number of morpholine rings is 1. The molecule has 21 heavy (non-hydrogen) atoms. The van der Waals surface area contributed by atoms with Gasteiger partial charge in [-0.25, -0.2) is 4.98 Å². The molecule has 1 saturated heterocycles. The SMILES string of the molecule is CC1(C(=O)Nc2cccnc2N2CCOCC2)CCCC1. The van der Waals surface area contributed by atoms with E-state index in [9.17, 15) is 4.79 Å². The summed E-state index contributed by atoms with van der Waals surface area (Å²) >= 11 is 0. The van der Waals surface area contributed by atoms with Crippen molar-refractivity contribution in [3.63, 3.8) is 0 Å². The lowest BCUT2D eigenvalue weighted by Gasteiger charge is -2.30. The number of rotatable bonds is 3. The first-order valence-corrected chi connectivity index (χ1v) is 7.78. The Hall–Kier alpha value is -1.62. The molecule has 1 N–H and O–H groups in total. The van der Waals surface area contributed by atoms with E-state index in [1.807, 2.05) is 12.1 Å². The number of amides is 1. The third-order valence-corrected chi connectivity index (χ3v) is 4.60. The van der Waals surface area contributed by atoms with Crippen molar-refractivity contribution in [2.24, 2.45) is 5.41 Å². The summed E-state index contributed by atoms with van der Waals surface area (Å²) in [5, 5.41) is 3.11. The lowest BCUT2D eigenvalue weighted by Crippen LogP contribution is -2.38. The molecular weight excluding hydrogens is 266 g/mol. The molecule has 0 bridgehead atoms. The number of nitrogens with zero attached hydrogens (tertiary/aromatic N) is 2. The van der Waals surface area contributed by atoms with Crippen LogP contribution in [-0.2, 0) is 9.53 Å². The molecular formula is C16H23N3O2. The monoisotopic (exact) mass is 289 g/mol. The summed E-state index contributed by atoms with van der Waals surface area (Å²) in [7, 11) is 0. The summed E-state index contributed by atoms with van der Waals surface area (Å²) in [5.41, 5.74) is 0.593. The standard InChI is InChI=1S/C16H23N3O2/c1-16(6-2-3-7-16)15(20)18-13-5-4-8-17-14(13)19-9-11-21-12-10-19/h4-5,8H,2-3,6-7,9-12H2,1H3,(H,18,20). The van der Waals surface area contributed by atoms with Crippen molar-refractivity contribution in [2.75, 3.05) is 36.5 Å². The number of nitrogens with one attached hydrogen (secondary N) is 1. The van der Waals surface area contributed by atoms with Gasteiger partial charge in [0, 0.05) is 24.7 Å². The van der Waals surface area contributed by atoms with E-state index < -0.39 is 0 Å². The molecule has 0 radical (unpaired) electrons. The quantitative estimate of drug-likeness (QED) is 0.928. The molecule has 5 nitrogen and oxygen atoms in total. The first-order valence-electron chi connectivity index (χ1n) is 7.78. The Morgan fingerprint density at radius 2 is 2.05 bits per heavy atom. The first kappa shape index (κ1) is 14.3. The highest BCUT2D eigenvalue weighted by molar-refractivity contribution is 5.97. The third-order valence-electron chi connectivity index (χ3n) is 4.60. The van der Waals surface area contributed by atoms with E-state index in [2.05, 4.69) is 22.1 Å². The maximum absolute atomic E-state index is 12.6. The van der Waals surface area contributed by atoms with Crippen molar-refractivity contribution in [3.05, 3.63) is 18.3 Å². The predicted molar refractivity (Wildman–Crippen MR) is 82.5 cm³/mol. The fraction of sp³-hybridized carbons (Fsp3) is 0.625. The maximum atomic E-state index is 12.6. The van der Waals surface area contributed by atoms with Crippen LogP contribution in [0.15, 0.2) is 18.3 Å². The minimum Gasteiger partial charge on any atom is -0.378 e. The van der Waals surface area contributed by atoms with Gasteiger partial charge in [-0.2, -0.15) is 0 Å². The normalized spacial score (nSPS) is 21.3. The van der Waals surface area contributed by atoms with Crippen LogP contribution in [0.25, 0.3) is 0 Å². The molecule has 0 aromatic carbocycles. The molecule has 2 heterocycles. The number of carbonyl (C=O) groups excluding carboxylic acids is 1. The highest BCUT2D eigenvalue weighted by atomic mass is 16.5. The average Bonchev–Trinajstić information content (AvgIpc) is 2.97. The van der Waals surface area contributed by atoms with Crippen molar-refractivity contribution in [3.8, 4) is 0 Å². The highest BCUT2D eigenvalue weighted by Gasteiger charge is 2.36. The second-order valence-electron chi connectivity index (χ2n) is 6.20. The van der Waals surface area contributed by atoms with Gasteiger partial charge in [-0.3, -0.25) is 4.79 Å². The number of anilines is 2. The van der Waals surface area contributed by atoms with Crippen LogP contribution >= 0.6 is 0 Å². The summed E-state index contributed by atoms with van der Waals surface area (Å²) in [6.45, 7) is 5.12. The molecule has 1 aromatic heterocycles. The summed E-state index contributed by atoms with van der Waals surface area (Å²) in [5.74, 6) is 0.984. The van der Waals surface area contributed by atoms with Gasteiger partial charge in [0.1, 0.15) is 0 Å². The number of hydrogen-bond acceptors (Lipinski definition) is 4. The van der Waals surface area contributed by atoms with Crippen LogP contribution in [0.3, 0.4) is 0 Å². The number of ether oxygens (including phenoxy) is 1. The summed E-state index contributed by atoms with van der Waals surface area (Å²) < 4.78 is 5.38. The molecule has 1 aliphatic heterocycles. The fourth-order valence-electron chi connectivity index (χ4n) is 3.18. The largest absolute Gasteiger partial charge is 0.378 e. The Morgan fingerprint density at radius 1 is 1.33 bits per heavy atom. The second kappa shape index (κ2) is 6.02. The van der Waals surface area contributed by atoms with Gasteiger partial charge in [0.2, 0.25) is 5.91 Å². The molecule has 0 unspecified atom stereocenters. The van der Waals surface area contributed by atoms with Crippen LogP contribution in [0.5, 0.6) is 0 Å². The van der Waals surface area contributed by atoms with Gasteiger partial charge < -0.3 is 15.0 Å². The van der Waals surface area contributed by atoms with Crippen molar-refractivity contribution in [1.29, 1.82) is 0 Å². The number of pyridine rings is 1. The van der Waals surface area contributed by atoms with E-state index in [0.29, 0.717) is 13.2 Å². The van der Waals surface area contributed by atoms with E-state index in [-0.39, 0.29) is 11.3 Å². The van der Waals surface area contributed by atoms with Gasteiger partial charge in [-0.05, 0) is 25.0 Å². The van der Waals surface area contributed by atoms with Gasteiger partial charge in [0.05, 0.1) is 18.9 Å². The predicted octanol–water partition coefficient (Wildman–Crippen LogP) is 2.44. The molecule has 1 aliphatic carbocycles. The van der Waals surface area contributed by atoms with Crippen molar-refractivity contribution in [2.45, 2.75) is 32.6 Å². The molecule has 114 valence electrons. The van der Waals surface area contributed by atoms with Gasteiger partial charge in [0.15, 0.2) is 5.82 Å². The molecule has 2 fully saturated rings. The van der Waals surface area contributed by atoms with E-state index in [4.69, 9.17) is 4.74 Å². The number of aromatic nitrogens is 1. The third kappa shape index (κ3) is 3.02. The molecule has 1 amide bonds. The van der Waals surface area contributed by atoms with E-state index in [1.54, 1.807) is 6.20 Å².